The Morgan fingerprint density at radius 1 is 1.50 bits per heavy atom. The van der Waals surface area contributed by atoms with E-state index < -0.39 is 0 Å². The molecular formula is C10H18N4. The molecular weight excluding hydrogens is 176 g/mol. The molecule has 14 heavy (non-hydrogen) atoms. The molecule has 0 aromatic heterocycles. The summed E-state index contributed by atoms with van der Waals surface area (Å²) in [5.74, 6) is -0.0255. The number of nitrogens with one attached hydrogen (secondary N) is 3. The summed E-state index contributed by atoms with van der Waals surface area (Å²) in [5, 5.41) is 17.6. The highest BCUT2D eigenvalue weighted by molar-refractivity contribution is 5.98. The van der Waals surface area contributed by atoms with Crippen molar-refractivity contribution in [2.45, 2.75) is 13.8 Å². The molecule has 0 fully saturated rings. The van der Waals surface area contributed by atoms with Crippen LogP contribution < -0.4 is 11.1 Å². The van der Waals surface area contributed by atoms with Gasteiger partial charge in [0.2, 0.25) is 0 Å². The van der Waals surface area contributed by atoms with Crippen molar-refractivity contribution >= 4 is 11.9 Å². The highest BCUT2D eigenvalue weighted by Crippen LogP contribution is 2.18. The standard InChI is InChI=1S/C10H18N4/c1-7(9(4-11)5-12)10(6-14-3)8(2)13/h4-7,11,13-14H,12H2,1-3H3/b9-5+,10-6-,11-4?,13-8?. The van der Waals surface area contributed by atoms with Crippen molar-refractivity contribution in [3.8, 4) is 0 Å². The van der Waals surface area contributed by atoms with Crippen LogP contribution in [0.5, 0.6) is 0 Å². The number of hydrogen-bond acceptors (Lipinski definition) is 4. The van der Waals surface area contributed by atoms with E-state index in [1.165, 1.54) is 12.4 Å². The maximum absolute atomic E-state index is 7.58. The molecule has 0 heterocycles. The highest BCUT2D eigenvalue weighted by atomic mass is 14.8. The van der Waals surface area contributed by atoms with Crippen molar-refractivity contribution in [3.63, 3.8) is 0 Å². The summed E-state index contributed by atoms with van der Waals surface area (Å²) in [6.07, 6.45) is 4.39. The fourth-order valence-corrected chi connectivity index (χ4v) is 1.21. The fourth-order valence-electron chi connectivity index (χ4n) is 1.21. The Morgan fingerprint density at radius 2 is 2.07 bits per heavy atom. The van der Waals surface area contributed by atoms with Gasteiger partial charge in [-0.1, -0.05) is 6.92 Å². The second kappa shape index (κ2) is 5.96. The fraction of sp³-hybridized carbons (Fsp3) is 0.400. The second-order valence-electron chi connectivity index (χ2n) is 3.05. The first kappa shape index (κ1) is 12.4. The van der Waals surface area contributed by atoms with Crippen LogP contribution in [0.25, 0.3) is 0 Å². The van der Waals surface area contributed by atoms with Gasteiger partial charge in [0, 0.05) is 31.1 Å². The molecule has 5 N–H and O–H groups in total. The lowest BCUT2D eigenvalue weighted by atomic mass is 9.91. The first-order valence-corrected chi connectivity index (χ1v) is 4.43. The number of allylic oxidation sites excluding steroid dienone is 2. The van der Waals surface area contributed by atoms with Gasteiger partial charge in [-0.25, -0.2) is 0 Å². The van der Waals surface area contributed by atoms with Crippen LogP contribution in [0.2, 0.25) is 0 Å². The zero-order valence-electron chi connectivity index (χ0n) is 8.89. The van der Waals surface area contributed by atoms with Crippen LogP contribution in [0.15, 0.2) is 23.5 Å². The Bertz CT molecular complexity index is 276. The van der Waals surface area contributed by atoms with E-state index in [1.54, 1.807) is 20.2 Å². The maximum Gasteiger partial charge on any atom is 0.0335 e. The molecule has 1 atom stereocenters. The molecule has 0 aliphatic rings. The maximum atomic E-state index is 7.58. The summed E-state index contributed by atoms with van der Waals surface area (Å²) in [6.45, 7) is 3.64. The average Bonchev–Trinajstić information content (AvgIpc) is 2.15. The van der Waals surface area contributed by atoms with Gasteiger partial charge < -0.3 is 21.9 Å². The van der Waals surface area contributed by atoms with Gasteiger partial charge >= 0.3 is 0 Å². The lowest BCUT2D eigenvalue weighted by molar-refractivity contribution is 0.852. The average molecular weight is 194 g/mol. The first-order valence-electron chi connectivity index (χ1n) is 4.43. The predicted molar refractivity (Wildman–Crippen MR) is 60.8 cm³/mol. The van der Waals surface area contributed by atoms with Crippen LogP contribution in [0, 0.1) is 16.7 Å². The summed E-state index contributed by atoms with van der Waals surface area (Å²) in [4.78, 5) is 0. The van der Waals surface area contributed by atoms with Crippen LogP contribution >= 0.6 is 0 Å². The lowest BCUT2D eigenvalue weighted by Gasteiger charge is -2.15. The third-order valence-corrected chi connectivity index (χ3v) is 2.06. The molecule has 0 aromatic rings. The van der Waals surface area contributed by atoms with E-state index in [9.17, 15) is 0 Å². The van der Waals surface area contributed by atoms with E-state index in [1.807, 2.05) is 6.92 Å². The molecule has 1 unspecified atom stereocenters. The van der Waals surface area contributed by atoms with Gasteiger partial charge in [-0.05, 0) is 24.3 Å². The Hall–Kier alpha value is -1.58. The van der Waals surface area contributed by atoms with Crippen LogP contribution in [-0.4, -0.2) is 19.0 Å². The quantitative estimate of drug-likeness (QED) is 0.497. The molecule has 78 valence electrons. The van der Waals surface area contributed by atoms with Gasteiger partial charge in [0.25, 0.3) is 0 Å². The molecule has 0 aliphatic heterocycles. The molecule has 0 saturated carbocycles. The zero-order valence-corrected chi connectivity index (χ0v) is 8.89. The summed E-state index contributed by atoms with van der Waals surface area (Å²) >= 11 is 0. The van der Waals surface area contributed by atoms with Crippen LogP contribution in [0.4, 0.5) is 0 Å². The predicted octanol–water partition coefficient (Wildman–Crippen LogP) is 1.26. The van der Waals surface area contributed by atoms with Crippen LogP contribution in [-0.2, 0) is 0 Å². The molecule has 0 rings (SSSR count). The van der Waals surface area contributed by atoms with Crippen molar-refractivity contribution in [3.05, 3.63) is 23.5 Å². The van der Waals surface area contributed by atoms with E-state index in [4.69, 9.17) is 16.6 Å². The number of hydrogen-bond donors (Lipinski definition) is 4. The monoisotopic (exact) mass is 194 g/mol. The summed E-state index contributed by atoms with van der Waals surface area (Å²) < 4.78 is 0. The number of rotatable bonds is 5. The van der Waals surface area contributed by atoms with E-state index >= 15 is 0 Å². The van der Waals surface area contributed by atoms with Gasteiger partial charge in [-0.3, -0.25) is 0 Å². The second-order valence-corrected chi connectivity index (χ2v) is 3.05. The molecule has 0 saturated heterocycles. The van der Waals surface area contributed by atoms with E-state index in [2.05, 4.69) is 5.32 Å². The topological polar surface area (TPSA) is 85.8 Å². The molecule has 4 nitrogen and oxygen atoms in total. The van der Waals surface area contributed by atoms with Crippen LogP contribution in [0.1, 0.15) is 13.8 Å². The molecule has 0 radical (unpaired) electrons. The molecule has 0 spiro atoms. The summed E-state index contributed by atoms with van der Waals surface area (Å²) in [7, 11) is 1.78. The Morgan fingerprint density at radius 3 is 2.36 bits per heavy atom. The van der Waals surface area contributed by atoms with Crippen molar-refractivity contribution in [1.82, 2.24) is 5.32 Å². The van der Waals surface area contributed by atoms with Crippen molar-refractivity contribution < 1.29 is 0 Å². The van der Waals surface area contributed by atoms with Crippen molar-refractivity contribution in [1.29, 1.82) is 10.8 Å². The smallest absolute Gasteiger partial charge is 0.0335 e. The minimum Gasteiger partial charge on any atom is -0.404 e. The van der Waals surface area contributed by atoms with Gasteiger partial charge in [-0.2, -0.15) is 0 Å². The third kappa shape index (κ3) is 3.05. The largest absolute Gasteiger partial charge is 0.404 e. The third-order valence-electron chi connectivity index (χ3n) is 2.06. The van der Waals surface area contributed by atoms with E-state index in [-0.39, 0.29) is 5.92 Å². The Labute approximate surface area is 84.9 Å². The summed E-state index contributed by atoms with van der Waals surface area (Å²) in [6, 6.07) is 0. The lowest BCUT2D eigenvalue weighted by Crippen LogP contribution is -2.14. The van der Waals surface area contributed by atoms with Gasteiger partial charge in [0.1, 0.15) is 0 Å². The van der Waals surface area contributed by atoms with Crippen LogP contribution in [0.3, 0.4) is 0 Å². The minimum absolute atomic E-state index is 0.0255. The van der Waals surface area contributed by atoms with Gasteiger partial charge in [-0.15, -0.1) is 0 Å². The van der Waals surface area contributed by atoms with E-state index in [0.717, 1.165) is 5.57 Å². The first-order chi connectivity index (χ1) is 6.58. The van der Waals surface area contributed by atoms with Crippen molar-refractivity contribution in [2.75, 3.05) is 7.05 Å². The SMILES string of the molecule is CN/C=C(\C(C)=N)C(C)/C(C=N)=C/N. The minimum atomic E-state index is -0.0255. The molecule has 0 aromatic carbocycles. The Balaban J connectivity index is 4.95. The zero-order chi connectivity index (χ0) is 11.1. The van der Waals surface area contributed by atoms with E-state index in [0.29, 0.717) is 11.3 Å². The molecule has 0 amide bonds. The molecule has 0 aliphatic carbocycles. The molecule has 4 heteroatoms. The summed E-state index contributed by atoms with van der Waals surface area (Å²) in [5.41, 5.74) is 7.41. The highest BCUT2D eigenvalue weighted by Gasteiger charge is 2.13. The normalized spacial score (nSPS) is 14.8. The van der Waals surface area contributed by atoms with Gasteiger partial charge in [0.15, 0.2) is 0 Å². The van der Waals surface area contributed by atoms with Gasteiger partial charge in [0.05, 0.1) is 0 Å². The molecule has 0 bridgehead atoms. The number of nitrogens with two attached hydrogens (primary N) is 1. The van der Waals surface area contributed by atoms with Crippen molar-refractivity contribution in [2.24, 2.45) is 11.7 Å². The Kier molecular flexibility index (Phi) is 5.29.